The van der Waals surface area contributed by atoms with E-state index in [1.54, 1.807) is 0 Å². The number of amides is 4. The number of carbonyl (C=O) groups excluding carboxylic acids is 4. The summed E-state index contributed by atoms with van der Waals surface area (Å²) in [6, 6.07) is 14.9. The first-order chi connectivity index (χ1) is 30.4. The third-order valence-corrected chi connectivity index (χ3v) is 13.2. The van der Waals surface area contributed by atoms with Crippen LogP contribution in [-0.4, -0.2) is 112 Å². The average Bonchev–Trinajstić information content (AvgIpc) is 4.14. The fourth-order valence-corrected chi connectivity index (χ4v) is 10.0. The molecule has 3 aromatic carbocycles. The van der Waals surface area contributed by atoms with Gasteiger partial charge in [0.05, 0.1) is 61.6 Å². The van der Waals surface area contributed by atoms with Crippen molar-refractivity contribution in [3.63, 3.8) is 0 Å². The van der Waals surface area contributed by atoms with E-state index in [1.807, 2.05) is 49.6 Å². The lowest BCUT2D eigenvalue weighted by Gasteiger charge is -2.29. The summed E-state index contributed by atoms with van der Waals surface area (Å²) in [5.41, 5.74) is 9.94. The number of methoxy groups -OCH3 is 2. The smallest absolute Gasteiger partial charge is 0.407 e. The van der Waals surface area contributed by atoms with Gasteiger partial charge >= 0.3 is 12.2 Å². The average molecular weight is 861 g/mol. The van der Waals surface area contributed by atoms with Gasteiger partial charge in [0.15, 0.2) is 5.79 Å². The number of fused-ring (bicyclic) bond motifs is 3. The number of carbonyl (C=O) groups is 4. The van der Waals surface area contributed by atoms with Crippen LogP contribution < -0.4 is 10.6 Å². The second-order valence-corrected chi connectivity index (χ2v) is 17.9. The van der Waals surface area contributed by atoms with E-state index in [2.05, 4.69) is 57.0 Å². The maximum atomic E-state index is 13.8. The molecule has 0 bridgehead atoms. The van der Waals surface area contributed by atoms with Gasteiger partial charge in [-0.1, -0.05) is 52.0 Å². The maximum absolute atomic E-state index is 13.8. The summed E-state index contributed by atoms with van der Waals surface area (Å²) >= 11 is 0. The molecule has 2 aromatic heterocycles. The molecule has 0 unspecified atom stereocenters. The highest BCUT2D eigenvalue weighted by molar-refractivity contribution is 5.90. The maximum Gasteiger partial charge on any atom is 0.407 e. The molecule has 5 heterocycles. The SMILES string of the molecule is COC(=O)N[C@H](C(=O)N1CCC[C@H]1c1nc2ccc(-c3ccc(-c4ccc5nc([C@@H]6CCCN6C(=O)[C@@H](NC(=O)OC)C(C)C)[nH]c5c4)c4c3CC3(C4)OCCO3)cc2[nH]1)C(C)C. The van der Waals surface area contributed by atoms with Gasteiger partial charge in [0.1, 0.15) is 23.7 Å². The standard InChI is InChI=1S/C47H56N8O8/c1-25(2)39(52-45(58)60-5)43(56)54-17-7-9-37(54)41-48-33-15-11-27(21-35(33)50-41)29-13-14-30(32-24-47(23-31(29)32)62-19-20-63-47)28-12-16-34-36(22-28)51-42(49-34)38-10-8-18-55(38)44(57)40(26(3)4)53-46(59)61-6/h11-16,21-22,25-26,37-40H,7-10,17-20,23-24H2,1-6H3,(H,48,50)(H,49,51)(H,52,58)(H,53,59)/t37-,38-,39-,40-/m0/s1. The van der Waals surface area contributed by atoms with E-state index in [4.69, 9.17) is 28.9 Å². The molecule has 63 heavy (non-hydrogen) atoms. The van der Waals surface area contributed by atoms with Gasteiger partial charge in [-0.3, -0.25) is 9.59 Å². The van der Waals surface area contributed by atoms with Crippen LogP contribution >= 0.6 is 0 Å². The molecule has 16 nitrogen and oxygen atoms in total. The number of alkyl carbamates (subject to hydrolysis) is 2. The van der Waals surface area contributed by atoms with Crippen molar-refractivity contribution in [1.29, 1.82) is 0 Å². The normalized spacial score (nSPS) is 20.3. The number of hydrogen-bond donors (Lipinski definition) is 4. The molecular formula is C47H56N8O8. The first-order valence-electron chi connectivity index (χ1n) is 22.1. The monoisotopic (exact) mass is 860 g/mol. The van der Waals surface area contributed by atoms with E-state index < -0.39 is 30.1 Å². The number of ether oxygens (including phenoxy) is 4. The van der Waals surface area contributed by atoms with Crippen LogP contribution in [0.1, 0.15) is 88.2 Å². The lowest BCUT2D eigenvalue weighted by Crippen LogP contribution is -2.51. The number of nitrogens with one attached hydrogen (secondary N) is 4. The number of rotatable bonds is 10. The Bertz CT molecular complexity index is 2410. The number of H-pyrrole nitrogens is 2. The molecule has 3 aliphatic heterocycles. The molecular weight excluding hydrogens is 805 g/mol. The largest absolute Gasteiger partial charge is 0.453 e. The van der Waals surface area contributed by atoms with E-state index in [0.717, 1.165) is 81.7 Å². The summed E-state index contributed by atoms with van der Waals surface area (Å²) in [4.78, 5) is 72.6. The first kappa shape index (κ1) is 42.3. The van der Waals surface area contributed by atoms with Crippen LogP contribution in [0.3, 0.4) is 0 Å². The van der Waals surface area contributed by atoms with E-state index in [0.29, 0.717) is 39.1 Å². The summed E-state index contributed by atoms with van der Waals surface area (Å²) in [5, 5.41) is 5.45. The predicted molar refractivity (Wildman–Crippen MR) is 234 cm³/mol. The Kier molecular flexibility index (Phi) is 11.4. The second-order valence-electron chi connectivity index (χ2n) is 17.9. The third kappa shape index (κ3) is 7.88. The van der Waals surface area contributed by atoms with Crippen molar-refractivity contribution in [1.82, 2.24) is 40.4 Å². The van der Waals surface area contributed by atoms with Crippen LogP contribution in [0.4, 0.5) is 9.59 Å². The molecule has 5 aromatic rings. The Balaban J connectivity index is 1.01. The van der Waals surface area contributed by atoms with Gasteiger partial charge < -0.3 is 49.3 Å². The minimum atomic E-state index is -0.728. The summed E-state index contributed by atoms with van der Waals surface area (Å²) < 4.78 is 22.3. The zero-order valence-electron chi connectivity index (χ0n) is 36.7. The molecule has 9 rings (SSSR count). The van der Waals surface area contributed by atoms with Crippen molar-refractivity contribution < 1.29 is 38.1 Å². The molecule has 1 aliphatic carbocycles. The number of hydrogen-bond acceptors (Lipinski definition) is 10. The van der Waals surface area contributed by atoms with Gasteiger partial charge in [-0.15, -0.1) is 0 Å². The Morgan fingerprint density at radius 2 is 1.11 bits per heavy atom. The Labute approximate surface area is 365 Å². The van der Waals surface area contributed by atoms with Gasteiger partial charge in [-0.25, -0.2) is 19.6 Å². The van der Waals surface area contributed by atoms with Crippen molar-refractivity contribution in [2.45, 2.75) is 96.2 Å². The zero-order valence-corrected chi connectivity index (χ0v) is 36.7. The number of aromatic nitrogens is 4. The Hall–Kier alpha value is -6.00. The molecule has 1 spiro atoms. The number of benzene rings is 3. The zero-order chi connectivity index (χ0) is 44.2. The lowest BCUT2D eigenvalue weighted by atomic mass is 9.90. The molecule has 332 valence electrons. The quantitative estimate of drug-likeness (QED) is 0.117. The number of nitrogens with zero attached hydrogens (tertiary/aromatic N) is 4. The minimum absolute atomic E-state index is 0.126. The van der Waals surface area contributed by atoms with Gasteiger partial charge in [-0.2, -0.15) is 0 Å². The minimum Gasteiger partial charge on any atom is -0.453 e. The van der Waals surface area contributed by atoms with Gasteiger partial charge in [0, 0.05) is 25.9 Å². The Morgan fingerprint density at radius 3 is 1.51 bits per heavy atom. The van der Waals surface area contributed by atoms with E-state index in [1.165, 1.54) is 25.3 Å². The number of aromatic amines is 2. The fourth-order valence-electron chi connectivity index (χ4n) is 10.0. The molecule has 0 radical (unpaired) electrons. The van der Waals surface area contributed by atoms with Gasteiger partial charge in [0.2, 0.25) is 11.8 Å². The second kappa shape index (κ2) is 16.9. The van der Waals surface area contributed by atoms with Crippen LogP contribution in [-0.2, 0) is 41.4 Å². The van der Waals surface area contributed by atoms with Gasteiger partial charge in [-0.05, 0) is 95.2 Å². The van der Waals surface area contributed by atoms with Crippen LogP contribution in [0.15, 0.2) is 48.5 Å². The summed E-state index contributed by atoms with van der Waals surface area (Å²) in [5.74, 6) is 0.171. The molecule has 4 N–H and O–H groups in total. The molecule has 4 atom stereocenters. The topological polar surface area (TPSA) is 193 Å². The van der Waals surface area contributed by atoms with Crippen LogP contribution in [0.25, 0.3) is 44.3 Å². The Morgan fingerprint density at radius 1 is 0.683 bits per heavy atom. The number of likely N-dealkylation sites (tertiary alicyclic amines) is 2. The number of imidazole rings is 2. The highest BCUT2D eigenvalue weighted by Gasteiger charge is 2.45. The summed E-state index contributed by atoms with van der Waals surface area (Å²) in [6.07, 6.45) is 3.14. The highest BCUT2D eigenvalue weighted by atomic mass is 16.7. The molecule has 3 saturated heterocycles. The highest BCUT2D eigenvalue weighted by Crippen LogP contribution is 2.46. The van der Waals surface area contributed by atoms with E-state index >= 15 is 0 Å². The molecule has 16 heteroatoms. The molecule has 4 amide bonds. The first-order valence-corrected chi connectivity index (χ1v) is 22.1. The van der Waals surface area contributed by atoms with E-state index in [9.17, 15) is 19.2 Å². The molecule has 3 fully saturated rings. The van der Waals surface area contributed by atoms with Crippen molar-refractivity contribution in [3.05, 3.63) is 71.3 Å². The van der Waals surface area contributed by atoms with Crippen molar-refractivity contribution in [2.24, 2.45) is 11.8 Å². The predicted octanol–water partition coefficient (Wildman–Crippen LogP) is 6.70. The molecule has 0 saturated carbocycles. The van der Waals surface area contributed by atoms with Crippen LogP contribution in [0, 0.1) is 11.8 Å². The van der Waals surface area contributed by atoms with Crippen molar-refractivity contribution in [3.8, 4) is 22.3 Å². The summed E-state index contributed by atoms with van der Waals surface area (Å²) in [6.45, 7) is 9.86. The lowest BCUT2D eigenvalue weighted by molar-refractivity contribution is -0.147. The summed E-state index contributed by atoms with van der Waals surface area (Å²) in [7, 11) is 2.59. The van der Waals surface area contributed by atoms with E-state index in [-0.39, 0.29) is 35.7 Å². The van der Waals surface area contributed by atoms with Crippen molar-refractivity contribution >= 4 is 46.1 Å². The van der Waals surface area contributed by atoms with Crippen LogP contribution in [0.2, 0.25) is 0 Å². The van der Waals surface area contributed by atoms with Crippen molar-refractivity contribution in [2.75, 3.05) is 40.5 Å². The van der Waals surface area contributed by atoms with Crippen LogP contribution in [0.5, 0.6) is 0 Å². The van der Waals surface area contributed by atoms with Gasteiger partial charge in [0.25, 0.3) is 0 Å². The fraction of sp³-hybridized carbons (Fsp3) is 0.489. The third-order valence-electron chi connectivity index (χ3n) is 13.2. The molecule has 4 aliphatic rings.